The van der Waals surface area contributed by atoms with Crippen molar-refractivity contribution < 1.29 is 0 Å². The zero-order valence-corrected chi connectivity index (χ0v) is 11.6. The summed E-state index contributed by atoms with van der Waals surface area (Å²) in [4.78, 5) is 4.30. The van der Waals surface area contributed by atoms with E-state index in [0.717, 1.165) is 19.0 Å². The van der Waals surface area contributed by atoms with Gasteiger partial charge in [0.2, 0.25) is 0 Å². The van der Waals surface area contributed by atoms with Gasteiger partial charge < -0.3 is 5.32 Å². The third-order valence-electron chi connectivity index (χ3n) is 4.12. The van der Waals surface area contributed by atoms with Gasteiger partial charge in [-0.2, -0.15) is 0 Å². The average molecular weight is 246 g/mol. The topological polar surface area (TPSA) is 24.9 Å². The Hall–Kier alpha value is -0.890. The molecule has 1 fully saturated rings. The van der Waals surface area contributed by atoms with Crippen LogP contribution in [0.1, 0.15) is 56.9 Å². The predicted molar refractivity (Wildman–Crippen MR) is 76.7 cm³/mol. The molecule has 1 unspecified atom stereocenters. The summed E-state index contributed by atoms with van der Waals surface area (Å²) in [6.45, 7) is 4.47. The van der Waals surface area contributed by atoms with E-state index in [2.05, 4.69) is 35.6 Å². The molecule has 1 aliphatic rings. The summed E-state index contributed by atoms with van der Waals surface area (Å²) in [5.41, 5.74) is 1.42. The molecule has 0 bridgehead atoms. The van der Waals surface area contributed by atoms with Crippen molar-refractivity contribution in [2.24, 2.45) is 5.92 Å². The number of nitrogens with one attached hydrogen (secondary N) is 1. The van der Waals surface area contributed by atoms with E-state index in [-0.39, 0.29) is 0 Å². The molecule has 0 radical (unpaired) electrons. The molecule has 1 saturated carbocycles. The van der Waals surface area contributed by atoms with Crippen molar-refractivity contribution in [3.8, 4) is 0 Å². The lowest BCUT2D eigenvalue weighted by molar-refractivity contribution is 0.297. The SMILES string of the molecule is CCCNCC(c1cccnc1)C1CCCCC1. The molecule has 1 aromatic rings. The average Bonchev–Trinajstić information content (AvgIpc) is 2.46. The minimum absolute atomic E-state index is 0.658. The highest BCUT2D eigenvalue weighted by Crippen LogP contribution is 2.35. The first-order valence-corrected chi connectivity index (χ1v) is 7.52. The highest BCUT2D eigenvalue weighted by atomic mass is 14.9. The number of aromatic nitrogens is 1. The highest BCUT2D eigenvalue weighted by molar-refractivity contribution is 5.16. The van der Waals surface area contributed by atoms with Crippen LogP contribution < -0.4 is 5.32 Å². The predicted octanol–water partition coefficient (Wildman–Crippen LogP) is 3.75. The molecule has 0 aromatic carbocycles. The fourth-order valence-electron chi connectivity index (χ4n) is 3.12. The van der Waals surface area contributed by atoms with Gasteiger partial charge in [0.05, 0.1) is 0 Å². The summed E-state index contributed by atoms with van der Waals surface area (Å²) in [5, 5.41) is 3.60. The van der Waals surface area contributed by atoms with Crippen LogP contribution in [-0.4, -0.2) is 18.1 Å². The van der Waals surface area contributed by atoms with Gasteiger partial charge in [0, 0.05) is 24.9 Å². The fraction of sp³-hybridized carbons (Fsp3) is 0.688. The normalized spacial score (nSPS) is 18.7. The molecule has 2 rings (SSSR count). The second kappa shape index (κ2) is 7.52. The lowest BCUT2D eigenvalue weighted by Gasteiger charge is -2.30. The van der Waals surface area contributed by atoms with Gasteiger partial charge >= 0.3 is 0 Å². The Morgan fingerprint density at radius 2 is 2.17 bits per heavy atom. The second-order valence-corrected chi connectivity index (χ2v) is 5.50. The van der Waals surface area contributed by atoms with Crippen LogP contribution in [0.5, 0.6) is 0 Å². The van der Waals surface area contributed by atoms with Gasteiger partial charge in [-0.3, -0.25) is 4.98 Å². The van der Waals surface area contributed by atoms with E-state index >= 15 is 0 Å². The van der Waals surface area contributed by atoms with E-state index in [1.807, 2.05) is 6.20 Å². The summed E-state index contributed by atoms with van der Waals surface area (Å²) < 4.78 is 0. The molecule has 1 N–H and O–H groups in total. The molecule has 0 aliphatic heterocycles. The van der Waals surface area contributed by atoms with E-state index < -0.39 is 0 Å². The Balaban J connectivity index is 2.01. The van der Waals surface area contributed by atoms with Crippen molar-refractivity contribution >= 4 is 0 Å². The summed E-state index contributed by atoms with van der Waals surface area (Å²) in [6, 6.07) is 4.32. The Labute approximate surface area is 111 Å². The van der Waals surface area contributed by atoms with Crippen molar-refractivity contribution in [1.29, 1.82) is 0 Å². The maximum absolute atomic E-state index is 4.30. The highest BCUT2D eigenvalue weighted by Gasteiger charge is 2.24. The Morgan fingerprint density at radius 3 is 2.83 bits per heavy atom. The van der Waals surface area contributed by atoms with Gasteiger partial charge in [-0.1, -0.05) is 32.3 Å². The van der Waals surface area contributed by atoms with E-state index in [4.69, 9.17) is 0 Å². The summed E-state index contributed by atoms with van der Waals surface area (Å²) in [5.74, 6) is 1.51. The molecule has 1 heterocycles. The first-order valence-electron chi connectivity index (χ1n) is 7.52. The van der Waals surface area contributed by atoms with Crippen LogP contribution in [0.25, 0.3) is 0 Å². The van der Waals surface area contributed by atoms with Gasteiger partial charge in [0.1, 0.15) is 0 Å². The third kappa shape index (κ3) is 3.81. The lowest BCUT2D eigenvalue weighted by atomic mass is 9.77. The summed E-state index contributed by atoms with van der Waals surface area (Å²) in [7, 11) is 0. The molecule has 1 atom stereocenters. The van der Waals surface area contributed by atoms with Crippen LogP contribution >= 0.6 is 0 Å². The van der Waals surface area contributed by atoms with Gasteiger partial charge in [0.25, 0.3) is 0 Å². The summed E-state index contributed by atoms with van der Waals surface area (Å²) in [6.07, 6.45) is 12.2. The Bertz CT molecular complexity index is 317. The molecule has 0 spiro atoms. The van der Waals surface area contributed by atoms with Crippen LogP contribution in [0, 0.1) is 5.92 Å². The van der Waals surface area contributed by atoms with Crippen molar-refractivity contribution in [3.63, 3.8) is 0 Å². The smallest absolute Gasteiger partial charge is 0.0303 e. The maximum Gasteiger partial charge on any atom is 0.0303 e. The summed E-state index contributed by atoms with van der Waals surface area (Å²) >= 11 is 0. The molecule has 2 nitrogen and oxygen atoms in total. The van der Waals surface area contributed by atoms with Crippen molar-refractivity contribution in [2.45, 2.75) is 51.4 Å². The van der Waals surface area contributed by atoms with Gasteiger partial charge in [-0.15, -0.1) is 0 Å². The van der Waals surface area contributed by atoms with Crippen LogP contribution in [0.3, 0.4) is 0 Å². The quantitative estimate of drug-likeness (QED) is 0.773. The number of rotatable bonds is 6. The molecule has 1 aromatic heterocycles. The van der Waals surface area contributed by atoms with Crippen molar-refractivity contribution in [2.75, 3.05) is 13.1 Å². The van der Waals surface area contributed by atoms with Crippen molar-refractivity contribution in [3.05, 3.63) is 30.1 Å². The van der Waals surface area contributed by atoms with Gasteiger partial charge in [-0.25, -0.2) is 0 Å². The standard InChI is InChI=1S/C16H26N2/c1-2-10-17-13-16(14-7-4-3-5-8-14)15-9-6-11-18-12-15/h6,9,11-12,14,16-17H,2-5,7-8,10,13H2,1H3. The molecule has 18 heavy (non-hydrogen) atoms. The Kier molecular flexibility index (Phi) is 5.66. The molecular weight excluding hydrogens is 220 g/mol. The molecule has 0 amide bonds. The first-order chi connectivity index (χ1) is 8.92. The monoisotopic (exact) mass is 246 g/mol. The maximum atomic E-state index is 4.30. The van der Waals surface area contributed by atoms with Crippen LogP contribution in [-0.2, 0) is 0 Å². The zero-order chi connectivity index (χ0) is 12.6. The lowest BCUT2D eigenvalue weighted by Crippen LogP contribution is -2.28. The van der Waals surface area contributed by atoms with E-state index in [0.29, 0.717) is 5.92 Å². The number of hydrogen-bond donors (Lipinski definition) is 1. The molecule has 100 valence electrons. The first kappa shape index (κ1) is 13.5. The molecule has 1 aliphatic carbocycles. The van der Waals surface area contributed by atoms with Crippen LogP contribution in [0.2, 0.25) is 0 Å². The zero-order valence-electron chi connectivity index (χ0n) is 11.6. The Morgan fingerprint density at radius 1 is 1.33 bits per heavy atom. The molecule has 0 saturated heterocycles. The molecule has 2 heteroatoms. The minimum atomic E-state index is 0.658. The minimum Gasteiger partial charge on any atom is -0.316 e. The van der Waals surface area contributed by atoms with E-state index in [9.17, 15) is 0 Å². The number of pyridine rings is 1. The number of nitrogens with zero attached hydrogens (tertiary/aromatic N) is 1. The van der Waals surface area contributed by atoms with Gasteiger partial charge in [-0.05, 0) is 43.4 Å². The molecular formula is C16H26N2. The van der Waals surface area contributed by atoms with E-state index in [1.54, 1.807) is 0 Å². The third-order valence-corrected chi connectivity index (χ3v) is 4.12. The number of hydrogen-bond acceptors (Lipinski definition) is 2. The fourth-order valence-corrected chi connectivity index (χ4v) is 3.12. The second-order valence-electron chi connectivity index (χ2n) is 5.50. The largest absolute Gasteiger partial charge is 0.316 e. The van der Waals surface area contributed by atoms with Gasteiger partial charge in [0.15, 0.2) is 0 Å². The van der Waals surface area contributed by atoms with Crippen LogP contribution in [0.4, 0.5) is 0 Å². The van der Waals surface area contributed by atoms with Crippen molar-refractivity contribution in [1.82, 2.24) is 10.3 Å². The van der Waals surface area contributed by atoms with E-state index in [1.165, 1.54) is 44.1 Å². The van der Waals surface area contributed by atoms with Crippen LogP contribution in [0.15, 0.2) is 24.5 Å².